The second-order valence-electron chi connectivity index (χ2n) is 8.69. The summed E-state index contributed by atoms with van der Waals surface area (Å²) in [7, 11) is 1.67. The van der Waals surface area contributed by atoms with E-state index in [2.05, 4.69) is 60.7 Å². The highest BCUT2D eigenvalue weighted by molar-refractivity contribution is 7.22. The molecule has 0 aliphatic rings. The number of aliphatic carboxylic acids is 1. The fourth-order valence-corrected chi connectivity index (χ4v) is 5.22. The molecule has 37 heavy (non-hydrogen) atoms. The molecular weight excluding hydrogens is 484 g/mol. The number of methoxy groups -OCH3 is 1. The normalized spacial score (nSPS) is 10.9. The van der Waals surface area contributed by atoms with Crippen molar-refractivity contribution in [1.82, 2.24) is 0 Å². The zero-order valence-electron chi connectivity index (χ0n) is 20.6. The minimum atomic E-state index is -1.01. The molecule has 4 aromatic carbocycles. The van der Waals surface area contributed by atoms with Gasteiger partial charge >= 0.3 is 5.97 Å². The number of fused-ring (bicyclic) bond motifs is 1. The molecule has 0 saturated heterocycles. The Bertz CT molecular complexity index is 1520. The van der Waals surface area contributed by atoms with Crippen LogP contribution in [0.3, 0.4) is 0 Å². The van der Waals surface area contributed by atoms with E-state index in [1.165, 1.54) is 15.0 Å². The first-order valence-electron chi connectivity index (χ1n) is 11.8. The van der Waals surface area contributed by atoms with Gasteiger partial charge in [-0.3, -0.25) is 0 Å². The molecule has 5 rings (SSSR count). The van der Waals surface area contributed by atoms with Crippen LogP contribution in [0.4, 0.5) is 0 Å². The maximum Gasteiger partial charge on any atom is 0.341 e. The lowest BCUT2D eigenvalue weighted by atomic mass is 9.99. The standard InChI is InChI=1S/C31H26O5S/c1-20-13-27(11-12-28(20)36-19-31(32)33)35-18-21-14-24(22-7-9-26(34-2)10-8-22)16-25(15-21)30-17-23-5-3-4-6-29(23)37-30/h3-17H,18-19H2,1-2H3,(H,32,33). The summed E-state index contributed by atoms with van der Waals surface area (Å²) in [6, 6.07) is 30.6. The van der Waals surface area contributed by atoms with E-state index in [4.69, 9.17) is 19.3 Å². The minimum absolute atomic E-state index is 0.375. The molecule has 0 fully saturated rings. The molecule has 5 aromatic rings. The van der Waals surface area contributed by atoms with Crippen molar-refractivity contribution in [3.05, 3.63) is 102 Å². The van der Waals surface area contributed by atoms with Gasteiger partial charge in [0.05, 0.1) is 7.11 Å². The first-order chi connectivity index (χ1) is 18.0. The Kier molecular flexibility index (Phi) is 7.10. The monoisotopic (exact) mass is 510 g/mol. The van der Waals surface area contributed by atoms with Gasteiger partial charge in [-0.15, -0.1) is 11.3 Å². The van der Waals surface area contributed by atoms with Gasteiger partial charge in [0.2, 0.25) is 0 Å². The molecule has 1 aromatic heterocycles. The van der Waals surface area contributed by atoms with Crippen LogP contribution in [0, 0.1) is 6.92 Å². The molecule has 0 amide bonds. The van der Waals surface area contributed by atoms with Gasteiger partial charge in [0.25, 0.3) is 0 Å². The van der Waals surface area contributed by atoms with E-state index < -0.39 is 5.97 Å². The Labute approximate surface area is 219 Å². The van der Waals surface area contributed by atoms with E-state index in [-0.39, 0.29) is 6.61 Å². The summed E-state index contributed by atoms with van der Waals surface area (Å²) in [5.41, 5.74) is 5.20. The van der Waals surface area contributed by atoms with Crippen molar-refractivity contribution in [3.63, 3.8) is 0 Å². The first kappa shape index (κ1) is 24.4. The zero-order chi connectivity index (χ0) is 25.8. The summed E-state index contributed by atoms with van der Waals surface area (Å²) in [4.78, 5) is 12.0. The van der Waals surface area contributed by atoms with Crippen molar-refractivity contribution in [1.29, 1.82) is 0 Å². The van der Waals surface area contributed by atoms with Gasteiger partial charge in [-0.2, -0.15) is 0 Å². The van der Waals surface area contributed by atoms with Crippen molar-refractivity contribution >= 4 is 27.4 Å². The number of aryl methyl sites for hydroxylation is 1. The van der Waals surface area contributed by atoms with Crippen LogP contribution in [-0.4, -0.2) is 24.8 Å². The highest BCUT2D eigenvalue weighted by atomic mass is 32.1. The number of ether oxygens (including phenoxy) is 3. The lowest BCUT2D eigenvalue weighted by Gasteiger charge is -2.13. The van der Waals surface area contributed by atoms with E-state index in [1.54, 1.807) is 30.6 Å². The van der Waals surface area contributed by atoms with Gasteiger partial charge in [0.1, 0.15) is 23.9 Å². The predicted octanol–water partition coefficient (Wildman–Crippen LogP) is 7.59. The summed E-state index contributed by atoms with van der Waals surface area (Å²) >= 11 is 1.78. The van der Waals surface area contributed by atoms with Crippen LogP contribution < -0.4 is 14.2 Å². The second-order valence-corrected chi connectivity index (χ2v) is 9.78. The number of rotatable bonds is 9. The summed E-state index contributed by atoms with van der Waals surface area (Å²) in [5.74, 6) is 1.03. The smallest absolute Gasteiger partial charge is 0.341 e. The van der Waals surface area contributed by atoms with Gasteiger partial charge in [-0.05, 0) is 101 Å². The minimum Gasteiger partial charge on any atom is -0.497 e. The number of carboxylic acids is 1. The molecule has 1 N–H and O–H groups in total. The number of thiophene rings is 1. The molecule has 0 radical (unpaired) electrons. The molecule has 0 saturated carbocycles. The summed E-state index contributed by atoms with van der Waals surface area (Å²) < 4.78 is 18.1. The van der Waals surface area contributed by atoms with E-state index >= 15 is 0 Å². The Hall–Kier alpha value is -4.29. The van der Waals surface area contributed by atoms with Crippen LogP contribution in [0.1, 0.15) is 11.1 Å². The molecule has 0 unspecified atom stereocenters. The molecule has 0 aliphatic carbocycles. The third kappa shape index (κ3) is 5.76. The van der Waals surface area contributed by atoms with Crippen LogP contribution in [0.25, 0.3) is 31.7 Å². The Morgan fingerprint density at radius 3 is 2.30 bits per heavy atom. The van der Waals surface area contributed by atoms with E-state index in [1.807, 2.05) is 25.1 Å². The topological polar surface area (TPSA) is 65.0 Å². The molecular formula is C31H26O5S. The molecule has 0 atom stereocenters. The SMILES string of the molecule is COc1ccc(-c2cc(COc3ccc(OCC(=O)O)c(C)c3)cc(-c3cc4ccccc4s3)c2)cc1. The Morgan fingerprint density at radius 1 is 0.811 bits per heavy atom. The van der Waals surface area contributed by atoms with E-state index in [0.717, 1.165) is 33.6 Å². The number of carboxylic acid groups (broad SMARTS) is 1. The van der Waals surface area contributed by atoms with Crippen LogP contribution in [0.15, 0.2) is 91.0 Å². The molecule has 1 heterocycles. The Morgan fingerprint density at radius 2 is 1.57 bits per heavy atom. The quantitative estimate of drug-likeness (QED) is 0.221. The van der Waals surface area contributed by atoms with Crippen LogP contribution in [0.5, 0.6) is 17.2 Å². The number of carbonyl (C=O) groups is 1. The predicted molar refractivity (Wildman–Crippen MR) is 148 cm³/mol. The molecule has 0 aliphatic heterocycles. The lowest BCUT2D eigenvalue weighted by Crippen LogP contribution is -2.10. The number of benzene rings is 4. The van der Waals surface area contributed by atoms with Crippen molar-refractivity contribution < 1.29 is 24.1 Å². The van der Waals surface area contributed by atoms with Crippen LogP contribution in [-0.2, 0) is 11.4 Å². The summed E-state index contributed by atoms with van der Waals surface area (Å²) in [5, 5.41) is 10.1. The number of hydrogen-bond donors (Lipinski definition) is 1. The molecule has 6 heteroatoms. The van der Waals surface area contributed by atoms with Crippen molar-refractivity contribution in [2.24, 2.45) is 0 Å². The molecule has 186 valence electrons. The van der Waals surface area contributed by atoms with Gasteiger partial charge < -0.3 is 19.3 Å². The number of hydrogen-bond acceptors (Lipinski definition) is 5. The highest BCUT2D eigenvalue weighted by Crippen LogP contribution is 2.36. The van der Waals surface area contributed by atoms with Gasteiger partial charge in [-0.1, -0.05) is 30.3 Å². The van der Waals surface area contributed by atoms with Gasteiger partial charge in [0.15, 0.2) is 6.61 Å². The molecule has 0 bridgehead atoms. The highest BCUT2D eigenvalue weighted by Gasteiger charge is 2.11. The summed E-state index contributed by atoms with van der Waals surface area (Å²) in [6.07, 6.45) is 0. The summed E-state index contributed by atoms with van der Waals surface area (Å²) in [6.45, 7) is 1.88. The second kappa shape index (κ2) is 10.8. The fraction of sp³-hybridized carbons (Fsp3) is 0.129. The van der Waals surface area contributed by atoms with E-state index in [0.29, 0.717) is 18.1 Å². The lowest BCUT2D eigenvalue weighted by molar-refractivity contribution is -0.139. The van der Waals surface area contributed by atoms with Crippen molar-refractivity contribution in [2.45, 2.75) is 13.5 Å². The molecule has 5 nitrogen and oxygen atoms in total. The first-order valence-corrected chi connectivity index (χ1v) is 12.7. The Balaban J connectivity index is 1.45. The van der Waals surface area contributed by atoms with E-state index in [9.17, 15) is 4.79 Å². The van der Waals surface area contributed by atoms with Crippen LogP contribution in [0.2, 0.25) is 0 Å². The van der Waals surface area contributed by atoms with Crippen molar-refractivity contribution in [3.8, 4) is 38.8 Å². The average Bonchev–Trinajstić information content (AvgIpc) is 3.36. The van der Waals surface area contributed by atoms with Crippen molar-refractivity contribution in [2.75, 3.05) is 13.7 Å². The van der Waals surface area contributed by atoms with Gasteiger partial charge in [-0.25, -0.2) is 4.79 Å². The zero-order valence-corrected chi connectivity index (χ0v) is 21.4. The third-order valence-corrected chi connectivity index (χ3v) is 7.19. The fourth-order valence-electron chi connectivity index (χ4n) is 4.17. The largest absolute Gasteiger partial charge is 0.497 e. The average molecular weight is 511 g/mol. The molecule has 0 spiro atoms. The maximum atomic E-state index is 10.8. The maximum absolute atomic E-state index is 10.8. The third-order valence-electron chi connectivity index (χ3n) is 6.03. The van der Waals surface area contributed by atoms with Crippen LogP contribution >= 0.6 is 11.3 Å². The van der Waals surface area contributed by atoms with Gasteiger partial charge in [0, 0.05) is 9.58 Å².